The van der Waals surface area contributed by atoms with E-state index in [2.05, 4.69) is 70.2 Å². The van der Waals surface area contributed by atoms with Crippen molar-refractivity contribution < 1.29 is 0 Å². The number of imidazole rings is 1. The van der Waals surface area contributed by atoms with Crippen molar-refractivity contribution in [2.45, 2.75) is 52.7 Å². The lowest BCUT2D eigenvalue weighted by Gasteiger charge is -2.19. The molecule has 0 saturated heterocycles. The molecule has 2 rings (SSSR count). The lowest BCUT2D eigenvalue weighted by molar-refractivity contribution is 0.488. The van der Waals surface area contributed by atoms with Crippen LogP contribution in [0.3, 0.4) is 0 Å². The van der Waals surface area contributed by atoms with Crippen LogP contribution in [0.4, 0.5) is 0 Å². The molecule has 2 aromatic rings. The molecule has 0 aliphatic carbocycles. The third kappa shape index (κ3) is 6.61. The Morgan fingerprint density at radius 1 is 1.16 bits per heavy atom. The third-order valence-electron chi connectivity index (χ3n) is 4.20. The number of nitrogens with zero attached hydrogens (tertiary/aromatic N) is 3. The van der Waals surface area contributed by atoms with Crippen LogP contribution in [-0.4, -0.2) is 28.6 Å². The number of nitrogens with one attached hydrogen (secondary N) is 2. The van der Waals surface area contributed by atoms with Crippen LogP contribution < -0.4 is 10.6 Å². The zero-order chi connectivity index (χ0) is 18.1. The number of aromatic nitrogens is 2. The van der Waals surface area contributed by atoms with Crippen molar-refractivity contribution in [2.24, 2.45) is 10.9 Å². The molecule has 0 amide bonds. The van der Waals surface area contributed by atoms with E-state index in [-0.39, 0.29) is 0 Å². The van der Waals surface area contributed by atoms with Gasteiger partial charge in [0.05, 0.1) is 6.54 Å². The summed E-state index contributed by atoms with van der Waals surface area (Å²) in [5.41, 5.74) is 1.27. The predicted molar refractivity (Wildman–Crippen MR) is 105 cm³/mol. The van der Waals surface area contributed by atoms with E-state index in [1.165, 1.54) is 12.0 Å². The average Bonchev–Trinajstić information content (AvgIpc) is 3.04. The van der Waals surface area contributed by atoms with E-state index in [0.29, 0.717) is 12.6 Å². The molecule has 0 radical (unpaired) electrons. The molecule has 1 aromatic heterocycles. The van der Waals surface area contributed by atoms with E-state index in [1.54, 1.807) is 7.05 Å². The monoisotopic (exact) mass is 341 g/mol. The molecule has 1 heterocycles. The quantitative estimate of drug-likeness (QED) is 0.571. The van der Waals surface area contributed by atoms with Gasteiger partial charge in [0.1, 0.15) is 5.82 Å². The summed E-state index contributed by atoms with van der Waals surface area (Å²) in [6, 6.07) is 10.8. The Morgan fingerprint density at radius 3 is 2.60 bits per heavy atom. The standard InChI is InChI=1S/C20H31N5/c1-16(2)10-11-17(3)24-20(21-4)23-14-19-22-12-13-25(19)15-18-8-6-5-7-9-18/h5-9,12-13,16-17H,10-11,14-15H2,1-4H3,(H2,21,23,24). The van der Waals surface area contributed by atoms with E-state index in [9.17, 15) is 0 Å². The van der Waals surface area contributed by atoms with Gasteiger partial charge in [-0.3, -0.25) is 4.99 Å². The second kappa shape index (κ2) is 9.87. The average molecular weight is 342 g/mol. The second-order valence-corrected chi connectivity index (χ2v) is 6.90. The highest BCUT2D eigenvalue weighted by molar-refractivity contribution is 5.79. The summed E-state index contributed by atoms with van der Waals surface area (Å²) in [6.07, 6.45) is 6.22. The Hall–Kier alpha value is -2.30. The molecule has 0 spiro atoms. The van der Waals surface area contributed by atoms with Crippen LogP contribution in [0, 0.1) is 5.92 Å². The fourth-order valence-electron chi connectivity index (χ4n) is 2.68. The highest BCUT2D eigenvalue weighted by Gasteiger charge is 2.08. The van der Waals surface area contributed by atoms with E-state index < -0.39 is 0 Å². The van der Waals surface area contributed by atoms with Gasteiger partial charge in [-0.25, -0.2) is 4.98 Å². The first-order valence-corrected chi connectivity index (χ1v) is 9.09. The number of aliphatic imine (C=N–C) groups is 1. The lowest BCUT2D eigenvalue weighted by atomic mass is 10.0. The van der Waals surface area contributed by atoms with Crippen molar-refractivity contribution in [3.63, 3.8) is 0 Å². The molecular weight excluding hydrogens is 310 g/mol. The van der Waals surface area contributed by atoms with E-state index in [1.807, 2.05) is 18.5 Å². The third-order valence-corrected chi connectivity index (χ3v) is 4.20. The van der Waals surface area contributed by atoms with Gasteiger partial charge < -0.3 is 15.2 Å². The van der Waals surface area contributed by atoms with Crippen molar-refractivity contribution in [3.05, 3.63) is 54.1 Å². The summed E-state index contributed by atoms with van der Waals surface area (Å²) >= 11 is 0. The maximum atomic E-state index is 4.47. The Labute approximate surface area is 151 Å². The van der Waals surface area contributed by atoms with Crippen molar-refractivity contribution in [1.29, 1.82) is 0 Å². The van der Waals surface area contributed by atoms with E-state index in [0.717, 1.165) is 30.7 Å². The summed E-state index contributed by atoms with van der Waals surface area (Å²) in [7, 11) is 1.81. The maximum absolute atomic E-state index is 4.47. The summed E-state index contributed by atoms with van der Waals surface area (Å²) in [5.74, 6) is 2.55. The minimum Gasteiger partial charge on any atom is -0.354 e. The zero-order valence-corrected chi connectivity index (χ0v) is 15.9. The highest BCUT2D eigenvalue weighted by atomic mass is 15.2. The fourth-order valence-corrected chi connectivity index (χ4v) is 2.68. The largest absolute Gasteiger partial charge is 0.354 e. The summed E-state index contributed by atoms with van der Waals surface area (Å²) < 4.78 is 2.16. The first-order valence-electron chi connectivity index (χ1n) is 9.09. The number of guanidine groups is 1. The minimum absolute atomic E-state index is 0.401. The molecule has 1 aromatic carbocycles. The molecule has 0 bridgehead atoms. The highest BCUT2D eigenvalue weighted by Crippen LogP contribution is 2.07. The minimum atomic E-state index is 0.401. The van der Waals surface area contributed by atoms with Gasteiger partial charge in [-0.1, -0.05) is 44.2 Å². The molecule has 1 atom stereocenters. The first-order chi connectivity index (χ1) is 12.1. The molecule has 5 heteroatoms. The topological polar surface area (TPSA) is 54.2 Å². The Bertz CT molecular complexity index is 645. The van der Waals surface area contributed by atoms with Crippen LogP contribution in [0.5, 0.6) is 0 Å². The molecule has 2 N–H and O–H groups in total. The van der Waals surface area contributed by atoms with Gasteiger partial charge in [0.2, 0.25) is 0 Å². The Balaban J connectivity index is 1.86. The van der Waals surface area contributed by atoms with E-state index in [4.69, 9.17) is 0 Å². The first kappa shape index (κ1) is 19.0. The van der Waals surface area contributed by atoms with Crippen LogP contribution in [0.15, 0.2) is 47.7 Å². The maximum Gasteiger partial charge on any atom is 0.191 e. The summed E-state index contributed by atoms with van der Waals surface area (Å²) in [6.45, 7) is 8.19. The van der Waals surface area contributed by atoms with E-state index >= 15 is 0 Å². The molecule has 0 saturated carbocycles. The van der Waals surface area contributed by atoms with Crippen LogP contribution in [0.1, 0.15) is 45.0 Å². The fraction of sp³-hybridized carbons (Fsp3) is 0.500. The van der Waals surface area contributed by atoms with Crippen LogP contribution in [0.25, 0.3) is 0 Å². The van der Waals surface area contributed by atoms with Crippen LogP contribution in [-0.2, 0) is 13.1 Å². The molecule has 136 valence electrons. The van der Waals surface area contributed by atoms with Gasteiger partial charge >= 0.3 is 0 Å². The van der Waals surface area contributed by atoms with Gasteiger partial charge in [-0.05, 0) is 31.2 Å². The zero-order valence-electron chi connectivity index (χ0n) is 15.9. The van der Waals surface area contributed by atoms with Gasteiger partial charge in [0.25, 0.3) is 0 Å². The molecule has 25 heavy (non-hydrogen) atoms. The van der Waals surface area contributed by atoms with Gasteiger partial charge in [0, 0.05) is 32.0 Å². The smallest absolute Gasteiger partial charge is 0.191 e. The van der Waals surface area contributed by atoms with Gasteiger partial charge in [-0.2, -0.15) is 0 Å². The van der Waals surface area contributed by atoms with Crippen molar-refractivity contribution >= 4 is 5.96 Å². The molecule has 0 aliphatic rings. The van der Waals surface area contributed by atoms with Gasteiger partial charge in [-0.15, -0.1) is 0 Å². The Morgan fingerprint density at radius 2 is 1.92 bits per heavy atom. The molecule has 1 unspecified atom stereocenters. The normalized spacial score (nSPS) is 13.1. The molecule has 0 fully saturated rings. The van der Waals surface area contributed by atoms with Crippen molar-refractivity contribution in [3.8, 4) is 0 Å². The second-order valence-electron chi connectivity index (χ2n) is 6.90. The SMILES string of the molecule is CN=C(NCc1nccn1Cc1ccccc1)NC(C)CCC(C)C. The molecule has 5 nitrogen and oxygen atoms in total. The lowest BCUT2D eigenvalue weighted by Crippen LogP contribution is -2.42. The number of benzene rings is 1. The number of rotatable bonds is 8. The molecule has 0 aliphatic heterocycles. The summed E-state index contributed by atoms with van der Waals surface area (Å²) in [4.78, 5) is 8.80. The van der Waals surface area contributed by atoms with Crippen LogP contribution >= 0.6 is 0 Å². The van der Waals surface area contributed by atoms with Crippen LogP contribution in [0.2, 0.25) is 0 Å². The van der Waals surface area contributed by atoms with Crippen molar-refractivity contribution in [1.82, 2.24) is 20.2 Å². The summed E-state index contributed by atoms with van der Waals surface area (Å²) in [5, 5.41) is 6.83. The number of hydrogen-bond donors (Lipinski definition) is 2. The van der Waals surface area contributed by atoms with Gasteiger partial charge in [0.15, 0.2) is 5.96 Å². The molecular formula is C20H31N5. The Kier molecular flexibility index (Phi) is 7.51. The predicted octanol–water partition coefficient (Wildman–Crippen LogP) is 3.42. The van der Waals surface area contributed by atoms with Crippen molar-refractivity contribution in [2.75, 3.05) is 7.05 Å². The number of hydrogen-bond acceptors (Lipinski definition) is 2.